The molecule has 1 N–H and O–H groups in total. The van der Waals surface area contributed by atoms with Crippen LogP contribution in [0.4, 0.5) is 0 Å². The third kappa shape index (κ3) is 51.2. The van der Waals surface area contributed by atoms with Crippen molar-refractivity contribution in [1.29, 1.82) is 0 Å². The van der Waals surface area contributed by atoms with E-state index in [0.29, 0.717) is 17.4 Å². The molecule has 380 valence electrons. The molecule has 0 spiro atoms. The molecule has 0 heterocycles. The number of phosphoric ester groups is 1. The summed E-state index contributed by atoms with van der Waals surface area (Å²) >= 11 is 0. The van der Waals surface area contributed by atoms with E-state index in [2.05, 4.69) is 62.5 Å². The van der Waals surface area contributed by atoms with E-state index in [0.717, 1.165) is 64.2 Å². The van der Waals surface area contributed by atoms with Crippen LogP contribution in [0.3, 0.4) is 0 Å². The highest BCUT2D eigenvalue weighted by Crippen LogP contribution is 2.43. The molecule has 0 aliphatic carbocycles. The Bertz CT molecular complexity index is 1240. The van der Waals surface area contributed by atoms with Crippen molar-refractivity contribution in [1.82, 2.24) is 0 Å². The van der Waals surface area contributed by atoms with Gasteiger partial charge in [0.15, 0.2) is 6.10 Å². The second kappa shape index (κ2) is 47.1. The van der Waals surface area contributed by atoms with Crippen LogP contribution in [0.15, 0.2) is 48.6 Å². The van der Waals surface area contributed by atoms with E-state index < -0.39 is 26.5 Å². The summed E-state index contributed by atoms with van der Waals surface area (Å²) in [5, 5.41) is 0. The van der Waals surface area contributed by atoms with Crippen molar-refractivity contribution in [3.63, 3.8) is 0 Å². The van der Waals surface area contributed by atoms with Crippen LogP contribution in [0.25, 0.3) is 0 Å². The van der Waals surface area contributed by atoms with E-state index in [4.69, 9.17) is 18.5 Å². The minimum atomic E-state index is -4.39. The topological polar surface area (TPSA) is 108 Å². The van der Waals surface area contributed by atoms with E-state index in [1.165, 1.54) is 141 Å². The lowest BCUT2D eigenvalue weighted by Gasteiger charge is -2.24. The fourth-order valence-electron chi connectivity index (χ4n) is 7.37. The van der Waals surface area contributed by atoms with Crippen LogP contribution in [-0.2, 0) is 32.7 Å². The fourth-order valence-corrected chi connectivity index (χ4v) is 8.11. The zero-order chi connectivity index (χ0) is 47.8. The Balaban J connectivity index is 4.20. The first-order chi connectivity index (χ1) is 31.5. The first kappa shape index (κ1) is 63.0. The number of ether oxygens (including phenoxy) is 2. The number of unbranched alkanes of at least 4 members (excludes halogenated alkanes) is 27. The lowest BCUT2D eigenvalue weighted by molar-refractivity contribution is -0.870. The van der Waals surface area contributed by atoms with E-state index in [1.54, 1.807) is 0 Å². The summed E-state index contributed by atoms with van der Waals surface area (Å²) in [6, 6.07) is 0. The third-order valence-electron chi connectivity index (χ3n) is 11.6. The van der Waals surface area contributed by atoms with Crippen molar-refractivity contribution in [2.24, 2.45) is 0 Å². The predicted molar refractivity (Wildman–Crippen MR) is 275 cm³/mol. The van der Waals surface area contributed by atoms with Gasteiger partial charge in [-0.2, -0.15) is 0 Å². The van der Waals surface area contributed by atoms with Gasteiger partial charge in [0.05, 0.1) is 27.7 Å². The van der Waals surface area contributed by atoms with Crippen LogP contribution < -0.4 is 0 Å². The molecule has 65 heavy (non-hydrogen) atoms. The maximum atomic E-state index is 12.8. The van der Waals surface area contributed by atoms with Crippen LogP contribution in [0, 0.1) is 0 Å². The number of esters is 2. The van der Waals surface area contributed by atoms with Gasteiger partial charge in [0.25, 0.3) is 0 Å². The second-order valence-electron chi connectivity index (χ2n) is 19.3. The van der Waals surface area contributed by atoms with Crippen molar-refractivity contribution in [3.05, 3.63) is 48.6 Å². The molecule has 0 bridgehead atoms. The summed E-state index contributed by atoms with van der Waals surface area (Å²) in [7, 11) is 1.47. The molecular formula is C55H103NO8P+. The maximum Gasteiger partial charge on any atom is 0.472 e. The molecule has 0 aromatic carbocycles. The molecular weight excluding hydrogens is 834 g/mol. The summed E-state index contributed by atoms with van der Waals surface area (Å²) in [5.74, 6) is -0.810. The van der Waals surface area contributed by atoms with Crippen molar-refractivity contribution in [2.45, 2.75) is 245 Å². The first-order valence-corrected chi connectivity index (χ1v) is 28.4. The Hall–Kier alpha value is -2.03. The van der Waals surface area contributed by atoms with Crippen LogP contribution in [0.5, 0.6) is 0 Å². The van der Waals surface area contributed by atoms with Crippen LogP contribution in [-0.4, -0.2) is 74.9 Å². The molecule has 0 saturated carbocycles. The number of carbonyl (C=O) groups excluding carboxylic acids is 2. The highest BCUT2D eigenvalue weighted by molar-refractivity contribution is 7.47. The molecule has 0 aliphatic heterocycles. The van der Waals surface area contributed by atoms with Crippen LogP contribution in [0.1, 0.15) is 239 Å². The van der Waals surface area contributed by atoms with Crippen LogP contribution >= 0.6 is 7.82 Å². The minimum absolute atomic E-state index is 0.0287. The Morgan fingerprint density at radius 1 is 0.477 bits per heavy atom. The van der Waals surface area contributed by atoms with Crippen molar-refractivity contribution in [2.75, 3.05) is 47.5 Å². The smallest absolute Gasteiger partial charge is 0.462 e. The third-order valence-corrected chi connectivity index (χ3v) is 12.6. The van der Waals surface area contributed by atoms with E-state index in [1.807, 2.05) is 21.1 Å². The van der Waals surface area contributed by atoms with E-state index in [9.17, 15) is 19.0 Å². The molecule has 0 aliphatic rings. The highest BCUT2D eigenvalue weighted by atomic mass is 31.2. The van der Waals surface area contributed by atoms with Gasteiger partial charge in [0.1, 0.15) is 19.8 Å². The number of rotatable bonds is 49. The number of carbonyl (C=O) groups is 2. The van der Waals surface area contributed by atoms with Gasteiger partial charge >= 0.3 is 19.8 Å². The molecule has 0 saturated heterocycles. The standard InChI is InChI=1S/C55H102NO8P/c1-6-8-10-12-14-16-18-20-22-24-25-26-27-28-29-30-31-32-34-36-38-40-42-44-46-48-55(58)64-53(52-63-65(59,60)62-50-49-56(3,4)5)51-61-54(57)47-45-43-41-39-37-35-33-23-21-19-17-15-13-11-9-7-2/h17-20,23-25,33,53H,6-16,21-22,26-32,34-52H2,1-5H3/p+1/b19-17-,20-18-,25-24-,33-23-. The molecule has 10 heteroatoms. The second-order valence-corrected chi connectivity index (χ2v) is 20.7. The van der Waals surface area contributed by atoms with E-state index >= 15 is 0 Å². The fraction of sp³-hybridized carbons (Fsp3) is 0.818. The SMILES string of the molecule is CCCCCC/C=C\C/C=C\CCCCCCCC(=O)OCC(COP(=O)(O)OCC[N+](C)(C)C)OC(=O)CCCCCCCCCCCCCCC/C=C\C/C=C\CCCCCCC. The Kier molecular flexibility index (Phi) is 45.6. The summed E-state index contributed by atoms with van der Waals surface area (Å²) in [5.41, 5.74) is 0. The molecule has 2 atom stereocenters. The van der Waals surface area contributed by atoms with E-state index in [-0.39, 0.29) is 32.0 Å². The molecule has 0 amide bonds. The first-order valence-electron chi connectivity index (χ1n) is 26.9. The van der Waals surface area contributed by atoms with Crippen LogP contribution in [0.2, 0.25) is 0 Å². The number of hydrogen-bond acceptors (Lipinski definition) is 7. The minimum Gasteiger partial charge on any atom is -0.462 e. The monoisotopic (exact) mass is 937 g/mol. The van der Waals surface area contributed by atoms with Gasteiger partial charge in [-0.15, -0.1) is 0 Å². The van der Waals surface area contributed by atoms with Gasteiger partial charge in [-0.25, -0.2) is 4.57 Å². The molecule has 2 unspecified atom stereocenters. The quantitative estimate of drug-likeness (QED) is 0.0211. The highest BCUT2D eigenvalue weighted by Gasteiger charge is 2.27. The number of likely N-dealkylation sites (N-methyl/N-ethyl adjacent to an activating group) is 1. The van der Waals surface area contributed by atoms with Crippen molar-refractivity contribution < 1.29 is 42.1 Å². The van der Waals surface area contributed by atoms with Gasteiger partial charge in [-0.3, -0.25) is 18.6 Å². The molecule has 0 radical (unpaired) electrons. The van der Waals surface area contributed by atoms with Gasteiger partial charge in [-0.1, -0.05) is 197 Å². The zero-order valence-electron chi connectivity index (χ0n) is 43.0. The average Bonchev–Trinajstić information content (AvgIpc) is 3.26. The number of nitrogens with zero attached hydrogens (tertiary/aromatic N) is 1. The van der Waals surface area contributed by atoms with Gasteiger partial charge in [0.2, 0.25) is 0 Å². The molecule has 9 nitrogen and oxygen atoms in total. The number of phosphoric acid groups is 1. The molecule has 0 rings (SSSR count). The van der Waals surface area contributed by atoms with Gasteiger partial charge in [0, 0.05) is 12.8 Å². The lowest BCUT2D eigenvalue weighted by atomic mass is 10.0. The summed E-state index contributed by atoms with van der Waals surface area (Å²) in [4.78, 5) is 35.6. The maximum absolute atomic E-state index is 12.8. The number of hydrogen-bond donors (Lipinski definition) is 1. The molecule has 0 aromatic rings. The molecule has 0 fully saturated rings. The summed E-state index contributed by atoms with van der Waals surface area (Å²) < 4.78 is 34.5. The predicted octanol–water partition coefficient (Wildman–Crippen LogP) is 16.2. The lowest BCUT2D eigenvalue weighted by Crippen LogP contribution is -2.37. The number of quaternary nitrogens is 1. The Morgan fingerprint density at radius 3 is 1.23 bits per heavy atom. The van der Waals surface area contributed by atoms with Crippen molar-refractivity contribution >= 4 is 19.8 Å². The zero-order valence-corrected chi connectivity index (χ0v) is 43.9. The number of allylic oxidation sites excluding steroid dienone is 8. The largest absolute Gasteiger partial charge is 0.472 e. The Morgan fingerprint density at radius 2 is 0.831 bits per heavy atom. The van der Waals surface area contributed by atoms with Gasteiger partial charge < -0.3 is 18.9 Å². The molecule has 0 aromatic heterocycles. The van der Waals surface area contributed by atoms with Gasteiger partial charge in [-0.05, 0) is 77.0 Å². The normalized spacial score (nSPS) is 13.8. The average molecular weight is 937 g/mol. The van der Waals surface area contributed by atoms with Crippen molar-refractivity contribution in [3.8, 4) is 0 Å². The Labute approximate surface area is 401 Å². The summed E-state index contributed by atoms with van der Waals surface area (Å²) in [6.45, 7) is 4.40. The summed E-state index contributed by atoms with van der Waals surface area (Å²) in [6.07, 6.45) is 57.4.